The van der Waals surface area contributed by atoms with Crippen LogP contribution in [0.4, 0.5) is 4.79 Å². The zero-order valence-electron chi connectivity index (χ0n) is 17.7. The van der Waals surface area contributed by atoms with E-state index in [2.05, 4.69) is 24.5 Å². The number of carbonyl (C=O) groups is 1. The van der Waals surface area contributed by atoms with Crippen LogP contribution in [0.15, 0.2) is 0 Å². The molecular weight excluding hydrogens is 324 g/mol. The van der Waals surface area contributed by atoms with Gasteiger partial charge in [0.2, 0.25) is 0 Å². The first kappa shape index (κ1) is 25.2. The standard InChI is InChI=1S/C22H46N2O2/c1-3-5-7-9-10-13-17-21(16-12-8-6-4-2)20-24-22(26)23-18-14-11-15-19-25/h21,25H,3-20H2,1-2H3,(H2,23,24,26). The molecule has 4 nitrogen and oxygen atoms in total. The third-order valence-electron chi connectivity index (χ3n) is 5.10. The van der Waals surface area contributed by atoms with Crippen LogP contribution in [0.5, 0.6) is 0 Å². The van der Waals surface area contributed by atoms with Crippen LogP contribution in [0, 0.1) is 5.92 Å². The van der Waals surface area contributed by atoms with Gasteiger partial charge in [-0.25, -0.2) is 4.79 Å². The Morgan fingerprint density at radius 3 is 1.88 bits per heavy atom. The van der Waals surface area contributed by atoms with Crippen LogP contribution in [-0.2, 0) is 0 Å². The van der Waals surface area contributed by atoms with Gasteiger partial charge in [0.25, 0.3) is 0 Å². The van der Waals surface area contributed by atoms with E-state index >= 15 is 0 Å². The number of hydrogen-bond acceptors (Lipinski definition) is 2. The topological polar surface area (TPSA) is 61.4 Å². The summed E-state index contributed by atoms with van der Waals surface area (Å²) in [6.45, 7) is 6.26. The number of amides is 2. The zero-order valence-corrected chi connectivity index (χ0v) is 17.7. The maximum absolute atomic E-state index is 11.9. The minimum atomic E-state index is -0.0319. The summed E-state index contributed by atoms with van der Waals surface area (Å²) >= 11 is 0. The molecule has 0 aromatic heterocycles. The fourth-order valence-corrected chi connectivity index (χ4v) is 3.34. The first-order valence-corrected chi connectivity index (χ1v) is 11.4. The van der Waals surface area contributed by atoms with Crippen molar-refractivity contribution in [2.24, 2.45) is 5.92 Å². The van der Waals surface area contributed by atoms with Crippen LogP contribution in [0.1, 0.15) is 110 Å². The van der Waals surface area contributed by atoms with Crippen LogP contribution in [-0.4, -0.2) is 30.8 Å². The molecule has 0 radical (unpaired) electrons. The van der Waals surface area contributed by atoms with E-state index in [1.54, 1.807) is 0 Å². The minimum Gasteiger partial charge on any atom is -0.396 e. The Kier molecular flexibility index (Phi) is 19.9. The van der Waals surface area contributed by atoms with Gasteiger partial charge in [0.15, 0.2) is 0 Å². The van der Waals surface area contributed by atoms with Crippen molar-refractivity contribution < 1.29 is 9.90 Å². The van der Waals surface area contributed by atoms with Crippen molar-refractivity contribution in [3.63, 3.8) is 0 Å². The van der Waals surface area contributed by atoms with E-state index in [1.807, 2.05) is 0 Å². The van der Waals surface area contributed by atoms with Crippen LogP contribution in [0.3, 0.4) is 0 Å². The van der Waals surface area contributed by atoms with Crippen molar-refractivity contribution >= 4 is 6.03 Å². The van der Waals surface area contributed by atoms with E-state index in [1.165, 1.54) is 77.0 Å². The number of aliphatic hydroxyl groups is 1. The van der Waals surface area contributed by atoms with E-state index in [9.17, 15) is 4.79 Å². The third kappa shape index (κ3) is 18.0. The molecule has 0 heterocycles. The molecule has 0 aliphatic carbocycles. The van der Waals surface area contributed by atoms with Gasteiger partial charge in [-0.15, -0.1) is 0 Å². The summed E-state index contributed by atoms with van der Waals surface area (Å²) in [6, 6.07) is -0.0319. The average molecular weight is 371 g/mol. The molecule has 1 unspecified atom stereocenters. The normalized spacial score (nSPS) is 12.1. The summed E-state index contributed by atoms with van der Waals surface area (Å²) in [5.74, 6) is 0.623. The maximum atomic E-state index is 11.9. The van der Waals surface area contributed by atoms with E-state index in [0.29, 0.717) is 12.5 Å². The van der Waals surface area contributed by atoms with Crippen LogP contribution in [0.2, 0.25) is 0 Å². The summed E-state index contributed by atoms with van der Waals surface area (Å²) in [6.07, 6.45) is 18.5. The van der Waals surface area contributed by atoms with Gasteiger partial charge >= 0.3 is 6.03 Å². The number of rotatable bonds is 19. The Bertz CT molecular complexity index is 298. The SMILES string of the molecule is CCCCCCCCC(CCCCCC)CNC(=O)NCCCCCO. The Labute approximate surface area is 162 Å². The second-order valence-corrected chi connectivity index (χ2v) is 7.69. The highest BCUT2D eigenvalue weighted by atomic mass is 16.2. The van der Waals surface area contributed by atoms with Gasteiger partial charge in [-0.3, -0.25) is 0 Å². The van der Waals surface area contributed by atoms with Gasteiger partial charge < -0.3 is 15.7 Å². The molecular formula is C22H46N2O2. The van der Waals surface area contributed by atoms with E-state index in [0.717, 1.165) is 25.8 Å². The molecule has 0 aliphatic rings. The summed E-state index contributed by atoms with van der Waals surface area (Å²) in [7, 11) is 0. The van der Waals surface area contributed by atoms with Gasteiger partial charge in [-0.05, 0) is 38.0 Å². The molecule has 0 fully saturated rings. The fraction of sp³-hybridized carbons (Fsp3) is 0.955. The summed E-state index contributed by atoms with van der Waals surface area (Å²) in [5, 5.41) is 14.8. The predicted octanol–water partition coefficient (Wildman–Crippen LogP) is 5.79. The Balaban J connectivity index is 3.91. The highest BCUT2D eigenvalue weighted by molar-refractivity contribution is 5.73. The van der Waals surface area contributed by atoms with E-state index in [4.69, 9.17) is 5.11 Å². The largest absolute Gasteiger partial charge is 0.396 e. The molecule has 0 aromatic rings. The Morgan fingerprint density at radius 2 is 1.27 bits per heavy atom. The van der Waals surface area contributed by atoms with Crippen molar-refractivity contribution in [2.75, 3.05) is 19.7 Å². The van der Waals surface area contributed by atoms with E-state index in [-0.39, 0.29) is 12.6 Å². The van der Waals surface area contributed by atoms with Crippen molar-refractivity contribution in [2.45, 2.75) is 110 Å². The lowest BCUT2D eigenvalue weighted by Crippen LogP contribution is -2.38. The molecule has 0 saturated heterocycles. The summed E-state index contributed by atoms with van der Waals surface area (Å²) < 4.78 is 0. The number of carbonyl (C=O) groups excluding carboxylic acids is 1. The molecule has 0 rings (SSSR count). The minimum absolute atomic E-state index is 0.0319. The van der Waals surface area contributed by atoms with Crippen molar-refractivity contribution in [1.82, 2.24) is 10.6 Å². The molecule has 4 heteroatoms. The molecule has 0 aliphatic heterocycles. The quantitative estimate of drug-likeness (QED) is 0.252. The fourth-order valence-electron chi connectivity index (χ4n) is 3.34. The van der Waals surface area contributed by atoms with Gasteiger partial charge in [0.1, 0.15) is 0 Å². The lowest BCUT2D eigenvalue weighted by molar-refractivity contribution is 0.237. The summed E-state index contributed by atoms with van der Waals surface area (Å²) in [4.78, 5) is 11.9. The highest BCUT2D eigenvalue weighted by Gasteiger charge is 2.10. The second kappa shape index (κ2) is 20.5. The second-order valence-electron chi connectivity index (χ2n) is 7.69. The number of urea groups is 1. The average Bonchev–Trinajstić information content (AvgIpc) is 2.65. The molecule has 0 aromatic carbocycles. The number of hydrogen-bond donors (Lipinski definition) is 3. The van der Waals surface area contributed by atoms with Crippen LogP contribution in [0.25, 0.3) is 0 Å². The number of aliphatic hydroxyl groups excluding tert-OH is 1. The zero-order chi connectivity index (χ0) is 19.3. The lowest BCUT2D eigenvalue weighted by atomic mass is 9.94. The third-order valence-corrected chi connectivity index (χ3v) is 5.10. The molecule has 3 N–H and O–H groups in total. The molecule has 0 bridgehead atoms. The van der Waals surface area contributed by atoms with Gasteiger partial charge in [-0.1, -0.05) is 78.1 Å². The van der Waals surface area contributed by atoms with Crippen molar-refractivity contribution in [3.05, 3.63) is 0 Å². The molecule has 0 saturated carbocycles. The van der Waals surface area contributed by atoms with E-state index < -0.39 is 0 Å². The summed E-state index contributed by atoms with van der Waals surface area (Å²) in [5.41, 5.74) is 0. The molecule has 26 heavy (non-hydrogen) atoms. The van der Waals surface area contributed by atoms with Crippen LogP contribution >= 0.6 is 0 Å². The molecule has 2 amide bonds. The van der Waals surface area contributed by atoms with Gasteiger partial charge in [0.05, 0.1) is 0 Å². The number of unbranched alkanes of at least 4 members (excludes halogenated alkanes) is 10. The first-order valence-electron chi connectivity index (χ1n) is 11.4. The molecule has 1 atom stereocenters. The van der Waals surface area contributed by atoms with Crippen LogP contribution < -0.4 is 10.6 Å². The Morgan fingerprint density at radius 1 is 0.731 bits per heavy atom. The van der Waals surface area contributed by atoms with Crippen molar-refractivity contribution in [3.8, 4) is 0 Å². The monoisotopic (exact) mass is 370 g/mol. The number of nitrogens with one attached hydrogen (secondary N) is 2. The van der Waals surface area contributed by atoms with Gasteiger partial charge in [-0.2, -0.15) is 0 Å². The smallest absolute Gasteiger partial charge is 0.314 e. The Hall–Kier alpha value is -0.770. The predicted molar refractivity (Wildman–Crippen MR) is 113 cm³/mol. The highest BCUT2D eigenvalue weighted by Crippen LogP contribution is 2.18. The lowest BCUT2D eigenvalue weighted by Gasteiger charge is -2.18. The first-order chi connectivity index (χ1) is 12.7. The molecule has 156 valence electrons. The van der Waals surface area contributed by atoms with Gasteiger partial charge in [0, 0.05) is 19.7 Å². The van der Waals surface area contributed by atoms with Crippen molar-refractivity contribution in [1.29, 1.82) is 0 Å². The maximum Gasteiger partial charge on any atom is 0.314 e. The molecule has 0 spiro atoms.